The predicted molar refractivity (Wildman–Crippen MR) is 103 cm³/mol. The van der Waals surface area contributed by atoms with Crippen molar-refractivity contribution in [1.82, 2.24) is 14.7 Å². The van der Waals surface area contributed by atoms with E-state index in [4.69, 9.17) is 9.47 Å². The van der Waals surface area contributed by atoms with Gasteiger partial charge in [0.25, 0.3) is 0 Å². The van der Waals surface area contributed by atoms with Crippen LogP contribution in [-0.2, 0) is 22.4 Å². The average Bonchev–Trinajstić information content (AvgIpc) is 2.97. The van der Waals surface area contributed by atoms with Crippen molar-refractivity contribution in [2.75, 3.05) is 53.0 Å². The number of benzene rings is 1. The fourth-order valence-corrected chi connectivity index (χ4v) is 3.73. The Labute approximate surface area is 165 Å². The summed E-state index contributed by atoms with van der Waals surface area (Å²) in [5.41, 5.74) is 2.65. The van der Waals surface area contributed by atoms with Gasteiger partial charge in [-0.3, -0.25) is 4.90 Å². The molecule has 2 heterocycles. The summed E-state index contributed by atoms with van der Waals surface area (Å²) in [6, 6.07) is 8.34. The topological polar surface area (TPSA) is 82.5 Å². The molecule has 0 radical (unpaired) electrons. The van der Waals surface area contributed by atoms with Gasteiger partial charge in [0.2, 0.25) is 0 Å². The Hall–Kier alpha value is -2.32. The van der Waals surface area contributed by atoms with Gasteiger partial charge >= 0.3 is 12.2 Å². The number of rotatable bonds is 4. The van der Waals surface area contributed by atoms with E-state index in [-0.39, 0.29) is 12.7 Å². The highest BCUT2D eigenvalue weighted by atomic mass is 16.6. The lowest BCUT2D eigenvalue weighted by Gasteiger charge is -2.30. The zero-order chi connectivity index (χ0) is 19.9. The number of aliphatic hydroxyl groups excluding tert-OH is 1. The predicted octanol–water partition coefficient (Wildman–Crippen LogP) is 1.32. The summed E-state index contributed by atoms with van der Waals surface area (Å²) in [5, 5.41) is 10.3. The van der Waals surface area contributed by atoms with E-state index >= 15 is 0 Å². The first kappa shape index (κ1) is 20.4. The van der Waals surface area contributed by atoms with Gasteiger partial charge in [-0.2, -0.15) is 0 Å². The molecule has 2 aliphatic rings. The highest BCUT2D eigenvalue weighted by molar-refractivity contribution is 5.69. The van der Waals surface area contributed by atoms with Crippen LogP contribution in [0, 0.1) is 0 Å². The number of β-amino-alcohol motifs (C(OH)–C–C–N with tert-alkyl or cyclic N) is 1. The number of aliphatic hydroxyl groups is 1. The van der Waals surface area contributed by atoms with Gasteiger partial charge in [0.15, 0.2) is 0 Å². The van der Waals surface area contributed by atoms with Crippen LogP contribution in [0.5, 0.6) is 0 Å². The highest BCUT2D eigenvalue weighted by Gasteiger charge is 2.24. The van der Waals surface area contributed by atoms with E-state index in [9.17, 15) is 14.7 Å². The number of hydrogen-bond donors (Lipinski definition) is 1. The number of carbonyl (C=O) groups is 2. The summed E-state index contributed by atoms with van der Waals surface area (Å²) in [5.74, 6) is 0. The second-order valence-electron chi connectivity index (χ2n) is 7.28. The Morgan fingerprint density at radius 1 is 1.04 bits per heavy atom. The fraction of sp³-hybridized carbons (Fsp3) is 0.600. The Bertz CT molecular complexity index is 684. The molecule has 1 aromatic carbocycles. The molecule has 0 saturated carbocycles. The maximum absolute atomic E-state index is 12.3. The third-order valence-corrected chi connectivity index (χ3v) is 5.26. The molecule has 8 heteroatoms. The summed E-state index contributed by atoms with van der Waals surface area (Å²) < 4.78 is 10.0. The molecule has 1 atom stereocenters. The minimum Gasteiger partial charge on any atom is -0.453 e. The second-order valence-corrected chi connectivity index (χ2v) is 7.28. The molecule has 0 aliphatic carbocycles. The quantitative estimate of drug-likeness (QED) is 0.834. The number of ether oxygens (including phenoxy) is 2. The molecule has 0 bridgehead atoms. The number of amides is 2. The molecule has 0 aromatic heterocycles. The van der Waals surface area contributed by atoms with Gasteiger partial charge in [0.05, 0.1) is 7.11 Å². The standard InChI is InChI=1S/C20H29N3O5/c1-27-19(25)22-8-4-9-23(12-11-22)20(26)28-15-18(24)14-21-10-7-16-5-2-3-6-17(16)13-21/h2-3,5-6,18,24H,4,7-15H2,1H3. The minimum absolute atomic E-state index is 0.0335. The van der Waals surface area contributed by atoms with E-state index in [1.807, 2.05) is 6.07 Å². The molecule has 1 N–H and O–H groups in total. The second kappa shape index (κ2) is 9.75. The average molecular weight is 391 g/mol. The van der Waals surface area contributed by atoms with Crippen LogP contribution in [0.3, 0.4) is 0 Å². The Kier molecular flexibility index (Phi) is 7.11. The summed E-state index contributed by atoms with van der Waals surface area (Å²) >= 11 is 0. The zero-order valence-electron chi connectivity index (χ0n) is 16.4. The van der Waals surface area contributed by atoms with Crippen LogP contribution in [0.4, 0.5) is 9.59 Å². The van der Waals surface area contributed by atoms with Gasteiger partial charge in [0, 0.05) is 45.8 Å². The third kappa shape index (κ3) is 5.36. The van der Waals surface area contributed by atoms with Gasteiger partial charge in [-0.1, -0.05) is 24.3 Å². The van der Waals surface area contributed by atoms with Gasteiger partial charge < -0.3 is 24.4 Å². The van der Waals surface area contributed by atoms with Gasteiger partial charge in [-0.25, -0.2) is 9.59 Å². The molecular formula is C20H29N3O5. The molecule has 2 amide bonds. The number of hydrogen-bond acceptors (Lipinski definition) is 6. The summed E-state index contributed by atoms with van der Waals surface area (Å²) in [4.78, 5) is 29.2. The third-order valence-electron chi connectivity index (χ3n) is 5.26. The molecule has 1 fully saturated rings. The van der Waals surface area contributed by atoms with E-state index in [1.165, 1.54) is 18.2 Å². The van der Waals surface area contributed by atoms with Crippen molar-refractivity contribution in [1.29, 1.82) is 0 Å². The van der Waals surface area contributed by atoms with Gasteiger partial charge in [0.1, 0.15) is 12.7 Å². The van der Waals surface area contributed by atoms with Crippen LogP contribution < -0.4 is 0 Å². The first-order valence-electron chi connectivity index (χ1n) is 9.78. The van der Waals surface area contributed by atoms with Crippen molar-refractivity contribution in [3.63, 3.8) is 0 Å². The van der Waals surface area contributed by atoms with Crippen molar-refractivity contribution >= 4 is 12.2 Å². The molecule has 1 saturated heterocycles. The lowest BCUT2D eigenvalue weighted by atomic mass is 10.00. The first-order valence-corrected chi connectivity index (χ1v) is 9.78. The van der Waals surface area contributed by atoms with Crippen LogP contribution in [0.15, 0.2) is 24.3 Å². The fourth-order valence-electron chi connectivity index (χ4n) is 3.73. The zero-order valence-corrected chi connectivity index (χ0v) is 16.4. The Morgan fingerprint density at radius 2 is 1.71 bits per heavy atom. The Balaban J connectivity index is 1.40. The molecule has 2 aliphatic heterocycles. The molecule has 1 aromatic rings. The lowest BCUT2D eigenvalue weighted by molar-refractivity contribution is 0.0276. The first-order chi connectivity index (χ1) is 13.6. The lowest BCUT2D eigenvalue weighted by Crippen LogP contribution is -2.41. The van der Waals surface area contributed by atoms with Crippen LogP contribution in [0.1, 0.15) is 17.5 Å². The summed E-state index contributed by atoms with van der Waals surface area (Å²) in [6.07, 6.45) is 0.0730. The number of nitrogens with zero attached hydrogens (tertiary/aromatic N) is 3. The number of carbonyl (C=O) groups excluding carboxylic acids is 2. The normalized spacial score (nSPS) is 18.8. The molecule has 3 rings (SSSR count). The summed E-state index contributed by atoms with van der Waals surface area (Å²) in [6.45, 7) is 4.01. The maximum atomic E-state index is 12.3. The number of fused-ring (bicyclic) bond motifs is 1. The van der Waals surface area contributed by atoms with Gasteiger partial charge in [-0.15, -0.1) is 0 Å². The molecular weight excluding hydrogens is 362 g/mol. The molecule has 8 nitrogen and oxygen atoms in total. The van der Waals surface area contributed by atoms with Crippen molar-refractivity contribution in [3.05, 3.63) is 35.4 Å². The largest absolute Gasteiger partial charge is 0.453 e. The van der Waals surface area contributed by atoms with Crippen LogP contribution in [-0.4, -0.2) is 91.1 Å². The monoisotopic (exact) mass is 391 g/mol. The molecule has 0 spiro atoms. The minimum atomic E-state index is -0.729. The SMILES string of the molecule is COC(=O)N1CCCN(C(=O)OCC(O)CN2CCc3ccccc3C2)CC1. The van der Waals surface area contributed by atoms with E-state index in [0.717, 1.165) is 19.5 Å². The van der Waals surface area contributed by atoms with E-state index < -0.39 is 12.2 Å². The van der Waals surface area contributed by atoms with Crippen molar-refractivity contribution < 1.29 is 24.2 Å². The maximum Gasteiger partial charge on any atom is 0.409 e. The number of methoxy groups -OCH3 is 1. The van der Waals surface area contributed by atoms with Crippen molar-refractivity contribution in [2.24, 2.45) is 0 Å². The van der Waals surface area contributed by atoms with Gasteiger partial charge in [-0.05, 0) is 24.0 Å². The summed E-state index contributed by atoms with van der Waals surface area (Å²) in [7, 11) is 1.35. The van der Waals surface area contributed by atoms with Crippen molar-refractivity contribution in [3.8, 4) is 0 Å². The van der Waals surface area contributed by atoms with E-state index in [2.05, 4.69) is 23.1 Å². The Morgan fingerprint density at radius 3 is 2.43 bits per heavy atom. The van der Waals surface area contributed by atoms with Crippen molar-refractivity contribution in [2.45, 2.75) is 25.5 Å². The van der Waals surface area contributed by atoms with E-state index in [0.29, 0.717) is 39.1 Å². The smallest absolute Gasteiger partial charge is 0.409 e. The molecule has 154 valence electrons. The highest BCUT2D eigenvalue weighted by Crippen LogP contribution is 2.18. The van der Waals surface area contributed by atoms with Crippen LogP contribution in [0.2, 0.25) is 0 Å². The molecule has 1 unspecified atom stereocenters. The van der Waals surface area contributed by atoms with Crippen LogP contribution >= 0.6 is 0 Å². The van der Waals surface area contributed by atoms with E-state index in [1.54, 1.807) is 9.80 Å². The molecule has 28 heavy (non-hydrogen) atoms. The van der Waals surface area contributed by atoms with Crippen LogP contribution in [0.25, 0.3) is 0 Å².